The minimum Gasteiger partial charge on any atom is -0.359 e. The van der Waals surface area contributed by atoms with Crippen LogP contribution in [-0.4, -0.2) is 77.5 Å². The van der Waals surface area contributed by atoms with E-state index in [9.17, 15) is 14.4 Å². The first-order valence-corrected chi connectivity index (χ1v) is 15.4. The summed E-state index contributed by atoms with van der Waals surface area (Å²) < 4.78 is 6.51. The summed E-state index contributed by atoms with van der Waals surface area (Å²) in [6.45, 7) is 7.62. The minimum absolute atomic E-state index is 0.0650. The van der Waals surface area contributed by atoms with Crippen LogP contribution in [0.4, 0.5) is 5.69 Å². The van der Waals surface area contributed by atoms with Gasteiger partial charge in [-0.1, -0.05) is 62.9 Å². The normalized spacial score (nSPS) is 37.0. The number of fused-ring (bicyclic) bond motifs is 1. The van der Waals surface area contributed by atoms with Crippen LogP contribution in [0, 0.1) is 23.7 Å². The third kappa shape index (κ3) is 4.86. The predicted octanol–water partition coefficient (Wildman–Crippen LogP) is 3.86. The number of nitrogens with zero attached hydrogens (tertiary/aromatic N) is 2. The number of nitrogens with one attached hydrogen (secondary N) is 2. The van der Waals surface area contributed by atoms with Gasteiger partial charge in [0.1, 0.15) is 11.6 Å². The lowest BCUT2D eigenvalue weighted by Gasteiger charge is -2.38. The van der Waals surface area contributed by atoms with Crippen molar-refractivity contribution in [1.82, 2.24) is 15.1 Å². The summed E-state index contributed by atoms with van der Waals surface area (Å²) in [5, 5.41) is 6.79. The zero-order valence-electron chi connectivity index (χ0n) is 23.5. The van der Waals surface area contributed by atoms with E-state index >= 15 is 0 Å². The molecule has 5 aliphatic rings. The van der Waals surface area contributed by atoms with Gasteiger partial charge >= 0.3 is 0 Å². The molecule has 1 aromatic carbocycles. The molecule has 0 aromatic heterocycles. The van der Waals surface area contributed by atoms with E-state index in [2.05, 4.69) is 29.4 Å². The Hall–Kier alpha value is -2.42. The smallest absolute Gasteiger partial charge is 0.246 e. The van der Waals surface area contributed by atoms with Crippen molar-refractivity contribution < 1.29 is 19.1 Å². The summed E-state index contributed by atoms with van der Waals surface area (Å²) in [4.78, 5) is 46.1. The molecule has 8 atom stereocenters. The van der Waals surface area contributed by atoms with Gasteiger partial charge in [-0.2, -0.15) is 0 Å². The maximum Gasteiger partial charge on any atom is 0.246 e. The van der Waals surface area contributed by atoms with Crippen molar-refractivity contribution in [2.45, 2.75) is 76.2 Å². The molecule has 4 fully saturated rings. The average Bonchev–Trinajstić information content (AvgIpc) is 3.58. The van der Waals surface area contributed by atoms with E-state index in [1.807, 2.05) is 12.2 Å². The van der Waals surface area contributed by atoms with Crippen LogP contribution in [0.25, 0.3) is 0 Å². The van der Waals surface area contributed by atoms with Gasteiger partial charge in [0.2, 0.25) is 17.7 Å². The number of hydrogen-bond acceptors (Lipinski definition) is 5. The second kappa shape index (κ2) is 11.1. The highest BCUT2D eigenvalue weighted by molar-refractivity contribution is 6.30. The molecule has 4 aliphatic heterocycles. The summed E-state index contributed by atoms with van der Waals surface area (Å²) in [6, 6.07) is 6.23. The molecule has 1 aromatic rings. The number of carbonyl (C=O) groups excluding carboxylic acids is 3. The number of halogens is 1. The zero-order chi connectivity index (χ0) is 28.0. The SMILES string of the molecule is C[C@H]1[C@H](C)CCC[C@@H]1NC(=O)[C@@H]1N(CCN2CCCCC2)C(=O)[C@@H]2[C@H](C(=O)Nc3cccc(Cl)c3)[C@@H]3C=C[C@]21O3. The third-order valence-corrected chi connectivity index (χ3v) is 10.4. The summed E-state index contributed by atoms with van der Waals surface area (Å²) in [6.07, 6.45) is 9.93. The van der Waals surface area contributed by atoms with Gasteiger partial charge in [-0.3, -0.25) is 14.4 Å². The van der Waals surface area contributed by atoms with E-state index in [4.69, 9.17) is 16.3 Å². The monoisotopic (exact) mass is 568 g/mol. The number of anilines is 1. The molecule has 1 spiro atoms. The Kier molecular flexibility index (Phi) is 7.70. The van der Waals surface area contributed by atoms with Crippen molar-refractivity contribution in [2.24, 2.45) is 23.7 Å². The van der Waals surface area contributed by atoms with E-state index in [1.165, 1.54) is 12.8 Å². The van der Waals surface area contributed by atoms with Crippen LogP contribution >= 0.6 is 11.6 Å². The Labute approximate surface area is 241 Å². The summed E-state index contributed by atoms with van der Waals surface area (Å²) >= 11 is 6.14. The van der Waals surface area contributed by atoms with Gasteiger partial charge in [0.15, 0.2) is 0 Å². The van der Waals surface area contributed by atoms with Gasteiger partial charge < -0.3 is 25.2 Å². The Bertz CT molecular complexity index is 1190. The lowest BCUT2D eigenvalue weighted by atomic mass is 9.73. The Morgan fingerprint density at radius 1 is 1.07 bits per heavy atom. The van der Waals surface area contributed by atoms with Crippen molar-refractivity contribution in [3.63, 3.8) is 0 Å². The van der Waals surface area contributed by atoms with Crippen molar-refractivity contribution in [2.75, 3.05) is 31.5 Å². The first kappa shape index (κ1) is 27.7. The summed E-state index contributed by atoms with van der Waals surface area (Å²) in [5.41, 5.74) is -0.575. The van der Waals surface area contributed by atoms with E-state index in [-0.39, 0.29) is 23.8 Å². The molecule has 2 N–H and O–H groups in total. The fourth-order valence-corrected chi connectivity index (χ4v) is 7.97. The van der Waals surface area contributed by atoms with Crippen molar-refractivity contribution in [3.05, 3.63) is 41.4 Å². The van der Waals surface area contributed by atoms with Crippen LogP contribution in [0.3, 0.4) is 0 Å². The average molecular weight is 569 g/mol. The van der Waals surface area contributed by atoms with Gasteiger partial charge in [-0.05, 0) is 62.4 Å². The number of benzene rings is 1. The molecule has 1 aliphatic carbocycles. The predicted molar refractivity (Wildman–Crippen MR) is 154 cm³/mol. The van der Waals surface area contributed by atoms with Crippen LogP contribution in [0.15, 0.2) is 36.4 Å². The molecule has 0 unspecified atom stereocenters. The van der Waals surface area contributed by atoms with Gasteiger partial charge in [0.05, 0.1) is 17.9 Å². The molecule has 216 valence electrons. The fourth-order valence-electron chi connectivity index (χ4n) is 7.78. The van der Waals surface area contributed by atoms with Crippen LogP contribution in [-0.2, 0) is 19.1 Å². The molecule has 8 nitrogen and oxygen atoms in total. The topological polar surface area (TPSA) is 91.0 Å². The number of likely N-dealkylation sites (tertiary alicyclic amines) is 2. The van der Waals surface area contributed by atoms with Gasteiger partial charge in [-0.25, -0.2) is 0 Å². The number of carbonyl (C=O) groups is 3. The molecule has 40 heavy (non-hydrogen) atoms. The number of piperidine rings is 1. The molecular formula is C31H41ClN4O4. The fraction of sp³-hybridized carbons (Fsp3) is 0.645. The van der Waals surface area contributed by atoms with Crippen LogP contribution < -0.4 is 10.6 Å². The minimum atomic E-state index is -1.15. The molecule has 1 saturated carbocycles. The molecule has 6 rings (SSSR count). The highest BCUT2D eigenvalue weighted by Crippen LogP contribution is 2.55. The van der Waals surface area contributed by atoms with Crippen molar-refractivity contribution >= 4 is 35.0 Å². The molecule has 3 saturated heterocycles. The standard InChI is InChI=1S/C31H41ClN4O4/c1-19-8-6-11-23(20(19)2)34-29(38)27-31-13-12-24(40-31)25(28(37)33-22-10-7-9-21(32)18-22)26(31)30(39)36(27)17-16-35-14-4-3-5-15-35/h7,9-10,12-13,18-20,23-27H,3-6,8,11,14-17H2,1-2H3,(H,33,37)(H,34,38)/t19-,20+,23+,24+,25-,26+,27+,31+/m1/s1. The van der Waals surface area contributed by atoms with Crippen LogP contribution in [0.2, 0.25) is 5.02 Å². The molecule has 3 amide bonds. The van der Waals surface area contributed by atoms with E-state index < -0.39 is 29.6 Å². The number of ether oxygens (including phenoxy) is 1. The number of amides is 3. The van der Waals surface area contributed by atoms with E-state index in [0.29, 0.717) is 35.6 Å². The van der Waals surface area contributed by atoms with Crippen LogP contribution in [0.5, 0.6) is 0 Å². The Morgan fingerprint density at radius 2 is 1.88 bits per heavy atom. The van der Waals surface area contributed by atoms with Crippen molar-refractivity contribution in [3.8, 4) is 0 Å². The van der Waals surface area contributed by atoms with Gasteiger partial charge in [-0.15, -0.1) is 0 Å². The third-order valence-electron chi connectivity index (χ3n) is 10.2. The number of rotatable bonds is 7. The molecule has 9 heteroatoms. The first-order chi connectivity index (χ1) is 19.3. The van der Waals surface area contributed by atoms with E-state index in [1.54, 1.807) is 29.2 Å². The summed E-state index contributed by atoms with van der Waals surface area (Å²) in [7, 11) is 0. The maximum absolute atomic E-state index is 14.2. The first-order valence-electron chi connectivity index (χ1n) is 15.1. The molecular weight excluding hydrogens is 528 g/mol. The highest BCUT2D eigenvalue weighted by atomic mass is 35.5. The highest BCUT2D eigenvalue weighted by Gasteiger charge is 2.72. The summed E-state index contributed by atoms with van der Waals surface area (Å²) in [5.74, 6) is -1.20. The molecule has 4 heterocycles. The maximum atomic E-state index is 14.2. The van der Waals surface area contributed by atoms with Gasteiger partial charge in [0, 0.05) is 29.8 Å². The molecule has 0 radical (unpaired) electrons. The zero-order valence-corrected chi connectivity index (χ0v) is 24.2. The quantitative estimate of drug-likeness (QED) is 0.488. The van der Waals surface area contributed by atoms with Crippen molar-refractivity contribution in [1.29, 1.82) is 0 Å². The Morgan fingerprint density at radius 3 is 2.65 bits per heavy atom. The molecule has 2 bridgehead atoms. The lowest BCUT2D eigenvalue weighted by Crippen LogP contribution is -2.58. The Balaban J connectivity index is 1.27. The van der Waals surface area contributed by atoms with Crippen LogP contribution in [0.1, 0.15) is 52.4 Å². The van der Waals surface area contributed by atoms with E-state index in [0.717, 1.165) is 38.8 Å². The second-order valence-electron chi connectivity index (χ2n) is 12.5. The largest absolute Gasteiger partial charge is 0.359 e. The second-order valence-corrected chi connectivity index (χ2v) is 13.0. The number of hydrogen-bond donors (Lipinski definition) is 2. The van der Waals surface area contributed by atoms with Gasteiger partial charge in [0.25, 0.3) is 0 Å². The lowest BCUT2D eigenvalue weighted by molar-refractivity contribution is -0.142.